The van der Waals surface area contributed by atoms with Gasteiger partial charge in [0.25, 0.3) is 0 Å². The molecule has 0 aromatic carbocycles. The van der Waals surface area contributed by atoms with E-state index in [0.717, 1.165) is 42.7 Å². The Kier molecular flexibility index (Phi) is 4.61. The molecule has 1 saturated carbocycles. The number of carboxylic acids is 1. The summed E-state index contributed by atoms with van der Waals surface area (Å²) in [5, 5.41) is 9.72. The van der Waals surface area contributed by atoms with Crippen molar-refractivity contribution < 1.29 is 14.6 Å². The molecule has 0 spiro atoms. The van der Waals surface area contributed by atoms with Gasteiger partial charge in [-0.3, -0.25) is 4.90 Å². The molecule has 2 atom stereocenters. The third kappa shape index (κ3) is 3.32. The number of aromatic nitrogens is 1. The van der Waals surface area contributed by atoms with Gasteiger partial charge in [-0.2, -0.15) is 0 Å². The largest absolute Gasteiger partial charge is 0.478 e. The number of aromatic carboxylic acids is 1. The molecule has 6 nitrogen and oxygen atoms in total. The minimum Gasteiger partial charge on any atom is -0.478 e. The van der Waals surface area contributed by atoms with Crippen molar-refractivity contribution in [3.8, 4) is 10.6 Å². The van der Waals surface area contributed by atoms with E-state index < -0.39 is 5.97 Å². The first-order chi connectivity index (χ1) is 13.6. The fourth-order valence-corrected chi connectivity index (χ4v) is 5.36. The molecule has 2 aliphatic heterocycles. The van der Waals surface area contributed by atoms with Gasteiger partial charge < -0.3 is 14.7 Å². The number of hydrogen-bond donors (Lipinski definition) is 1. The van der Waals surface area contributed by atoms with Crippen molar-refractivity contribution in [2.24, 2.45) is 5.92 Å². The number of fused-ring (bicyclic) bond motifs is 1. The molecule has 1 N–H and O–H groups in total. The van der Waals surface area contributed by atoms with Crippen LogP contribution >= 0.6 is 11.3 Å². The number of carboxylic acid groups (broad SMARTS) is 1. The van der Waals surface area contributed by atoms with E-state index in [1.807, 2.05) is 6.07 Å². The van der Waals surface area contributed by atoms with E-state index >= 15 is 0 Å². The predicted molar refractivity (Wildman–Crippen MR) is 109 cm³/mol. The van der Waals surface area contributed by atoms with Crippen LogP contribution in [0.2, 0.25) is 0 Å². The number of hydrogen-bond acceptors (Lipinski definition) is 6. The molecule has 0 radical (unpaired) electrons. The number of ether oxygens (including phenoxy) is 1. The van der Waals surface area contributed by atoms with Crippen LogP contribution in [0.4, 0.5) is 5.82 Å². The molecule has 148 valence electrons. The molecule has 2 aromatic heterocycles. The van der Waals surface area contributed by atoms with Gasteiger partial charge in [0.05, 0.1) is 29.8 Å². The molecule has 0 bridgehead atoms. The van der Waals surface area contributed by atoms with E-state index in [4.69, 9.17) is 9.72 Å². The quantitative estimate of drug-likeness (QED) is 0.852. The van der Waals surface area contributed by atoms with E-state index in [2.05, 4.69) is 28.9 Å². The molecular formula is C21H25N3O3S. The van der Waals surface area contributed by atoms with Gasteiger partial charge >= 0.3 is 5.97 Å². The van der Waals surface area contributed by atoms with Crippen LogP contribution < -0.4 is 4.90 Å². The molecule has 2 saturated heterocycles. The average molecular weight is 400 g/mol. The highest BCUT2D eigenvalue weighted by atomic mass is 32.1. The topological polar surface area (TPSA) is 65.9 Å². The number of nitrogens with zero attached hydrogens (tertiary/aromatic N) is 3. The lowest BCUT2D eigenvalue weighted by molar-refractivity contribution is -0.0603. The number of rotatable bonds is 4. The summed E-state index contributed by atoms with van der Waals surface area (Å²) in [5.41, 5.74) is 1.12. The zero-order valence-corrected chi connectivity index (χ0v) is 16.8. The summed E-state index contributed by atoms with van der Waals surface area (Å²) >= 11 is 1.68. The van der Waals surface area contributed by atoms with Crippen molar-refractivity contribution in [2.75, 3.05) is 37.7 Å². The Bertz CT molecular complexity index is 895. The van der Waals surface area contributed by atoms with Crippen molar-refractivity contribution in [1.82, 2.24) is 9.88 Å². The maximum atomic E-state index is 11.8. The molecule has 4 heterocycles. The first-order valence-corrected chi connectivity index (χ1v) is 10.8. The number of pyridine rings is 1. The van der Waals surface area contributed by atoms with Gasteiger partial charge in [0.15, 0.2) is 0 Å². The summed E-state index contributed by atoms with van der Waals surface area (Å²) in [6.45, 7) is 6.14. The van der Waals surface area contributed by atoms with E-state index in [1.54, 1.807) is 17.4 Å². The lowest BCUT2D eigenvalue weighted by Crippen LogP contribution is -2.62. The minimum atomic E-state index is -0.922. The monoisotopic (exact) mass is 399 g/mol. The second-order valence-electron chi connectivity index (χ2n) is 8.06. The zero-order valence-electron chi connectivity index (χ0n) is 16.0. The zero-order chi connectivity index (χ0) is 19.3. The van der Waals surface area contributed by atoms with Crippen LogP contribution in [-0.2, 0) is 4.74 Å². The second-order valence-corrected chi connectivity index (χ2v) is 9.35. The Balaban J connectivity index is 1.44. The Morgan fingerprint density at radius 2 is 2.07 bits per heavy atom. The van der Waals surface area contributed by atoms with Crippen LogP contribution in [0, 0.1) is 12.8 Å². The Hall–Kier alpha value is -1.96. The van der Waals surface area contributed by atoms with Gasteiger partial charge in [-0.05, 0) is 49.9 Å². The molecule has 3 aliphatic rings. The smallest absolute Gasteiger partial charge is 0.339 e. The van der Waals surface area contributed by atoms with Gasteiger partial charge in [-0.25, -0.2) is 9.78 Å². The molecule has 0 amide bonds. The van der Waals surface area contributed by atoms with Crippen LogP contribution in [0.5, 0.6) is 0 Å². The number of carbonyl (C=O) groups is 1. The number of piperazine rings is 1. The number of morpholine rings is 1. The molecule has 2 aromatic rings. The van der Waals surface area contributed by atoms with Crippen molar-refractivity contribution in [1.29, 1.82) is 0 Å². The van der Waals surface area contributed by atoms with Gasteiger partial charge in [-0.1, -0.05) is 0 Å². The standard InChI is InChI=1S/C21H25N3O3S/c1-13-2-7-19(28-13)17-6-5-16(21(25)26)20(22-17)23-8-9-24-15(10-23)11-27-12-18(24)14-3-4-14/h2,5-7,14-15,18H,3-4,8-12H2,1H3,(H,25,26)/t15-,18-/m1/s1. The van der Waals surface area contributed by atoms with Crippen molar-refractivity contribution in [3.63, 3.8) is 0 Å². The van der Waals surface area contributed by atoms with Crippen LogP contribution in [0.3, 0.4) is 0 Å². The number of anilines is 1. The predicted octanol–water partition coefficient (Wildman–Crippen LogP) is 3.12. The fraction of sp³-hybridized carbons (Fsp3) is 0.524. The van der Waals surface area contributed by atoms with Gasteiger partial charge in [0.1, 0.15) is 11.4 Å². The third-order valence-electron chi connectivity index (χ3n) is 6.12. The fourth-order valence-electron chi connectivity index (χ4n) is 4.52. The number of aryl methyl sites for hydroxylation is 1. The van der Waals surface area contributed by atoms with Gasteiger partial charge in [0, 0.05) is 30.6 Å². The molecule has 0 unspecified atom stereocenters. The van der Waals surface area contributed by atoms with Crippen molar-refractivity contribution in [2.45, 2.75) is 31.8 Å². The summed E-state index contributed by atoms with van der Waals surface area (Å²) in [5.74, 6) is 0.450. The minimum absolute atomic E-state index is 0.279. The summed E-state index contributed by atoms with van der Waals surface area (Å²) < 4.78 is 5.91. The Morgan fingerprint density at radius 1 is 1.21 bits per heavy atom. The summed E-state index contributed by atoms with van der Waals surface area (Å²) in [7, 11) is 0. The Morgan fingerprint density at radius 3 is 2.79 bits per heavy atom. The lowest BCUT2D eigenvalue weighted by atomic mass is 10.0. The molecule has 7 heteroatoms. The van der Waals surface area contributed by atoms with Crippen LogP contribution in [0.1, 0.15) is 28.1 Å². The van der Waals surface area contributed by atoms with Crippen LogP contribution in [0.25, 0.3) is 10.6 Å². The van der Waals surface area contributed by atoms with Gasteiger partial charge in [-0.15, -0.1) is 11.3 Å². The van der Waals surface area contributed by atoms with Crippen molar-refractivity contribution >= 4 is 23.1 Å². The van der Waals surface area contributed by atoms with Gasteiger partial charge in [0.2, 0.25) is 0 Å². The lowest BCUT2D eigenvalue weighted by Gasteiger charge is -2.48. The Labute approximate surface area is 168 Å². The summed E-state index contributed by atoms with van der Waals surface area (Å²) in [6, 6.07) is 8.49. The number of thiophene rings is 1. The maximum absolute atomic E-state index is 11.8. The third-order valence-corrected chi connectivity index (χ3v) is 7.14. The van der Waals surface area contributed by atoms with Crippen LogP contribution in [0.15, 0.2) is 24.3 Å². The maximum Gasteiger partial charge on any atom is 0.339 e. The highest BCUT2D eigenvalue weighted by Gasteiger charge is 2.43. The van der Waals surface area contributed by atoms with E-state index in [9.17, 15) is 9.90 Å². The van der Waals surface area contributed by atoms with E-state index in [-0.39, 0.29) is 5.56 Å². The summed E-state index contributed by atoms with van der Waals surface area (Å²) in [6.07, 6.45) is 2.63. The molecule has 3 fully saturated rings. The normalized spacial score (nSPS) is 25.5. The SMILES string of the molecule is Cc1ccc(-c2ccc(C(=O)O)c(N3CCN4[C@@H](COC[C@@H]4C4CC4)C3)n2)s1. The highest BCUT2D eigenvalue weighted by Crippen LogP contribution is 2.39. The molecule has 28 heavy (non-hydrogen) atoms. The van der Waals surface area contributed by atoms with E-state index in [1.165, 1.54) is 17.7 Å². The first kappa shape index (κ1) is 18.1. The van der Waals surface area contributed by atoms with Crippen LogP contribution in [-0.4, -0.2) is 65.9 Å². The second kappa shape index (κ2) is 7.13. The molecule has 5 rings (SSSR count). The average Bonchev–Trinajstić information content (AvgIpc) is 3.46. The van der Waals surface area contributed by atoms with E-state index in [0.29, 0.717) is 24.5 Å². The molecular weight excluding hydrogens is 374 g/mol. The van der Waals surface area contributed by atoms with Crippen molar-refractivity contribution in [3.05, 3.63) is 34.7 Å². The first-order valence-electron chi connectivity index (χ1n) is 10.00. The summed E-state index contributed by atoms with van der Waals surface area (Å²) in [4.78, 5) is 23.7. The molecule has 1 aliphatic carbocycles. The highest BCUT2D eigenvalue weighted by molar-refractivity contribution is 7.15.